The lowest BCUT2D eigenvalue weighted by molar-refractivity contribution is 0.250. The summed E-state index contributed by atoms with van der Waals surface area (Å²) in [5.41, 5.74) is 2.10. The molecule has 0 aromatic heterocycles. The molecule has 104 valence electrons. The molecule has 3 heteroatoms. The molecule has 2 rings (SSSR count). The summed E-state index contributed by atoms with van der Waals surface area (Å²) in [6.07, 6.45) is 0.965. The fourth-order valence-electron chi connectivity index (χ4n) is 2.05. The first-order chi connectivity index (χ1) is 9.74. The van der Waals surface area contributed by atoms with Crippen LogP contribution in [0.5, 0.6) is 0 Å². The van der Waals surface area contributed by atoms with E-state index in [9.17, 15) is 4.79 Å². The zero-order chi connectivity index (χ0) is 14.2. The van der Waals surface area contributed by atoms with Crippen LogP contribution in [0.25, 0.3) is 0 Å². The summed E-state index contributed by atoms with van der Waals surface area (Å²) in [5.74, 6) is 0.402. The van der Waals surface area contributed by atoms with Gasteiger partial charge in [0.05, 0.1) is 0 Å². The quantitative estimate of drug-likeness (QED) is 0.853. The highest BCUT2D eigenvalue weighted by atomic mass is 16.2. The van der Waals surface area contributed by atoms with E-state index in [4.69, 9.17) is 0 Å². The van der Waals surface area contributed by atoms with Crippen LogP contribution in [0.15, 0.2) is 60.7 Å². The molecule has 2 aromatic carbocycles. The van der Waals surface area contributed by atoms with Crippen LogP contribution in [0.1, 0.15) is 12.5 Å². The van der Waals surface area contributed by atoms with Crippen molar-refractivity contribution in [3.63, 3.8) is 0 Å². The third kappa shape index (κ3) is 4.76. The Bertz CT molecular complexity index is 525. The van der Waals surface area contributed by atoms with Gasteiger partial charge in [-0.25, -0.2) is 4.79 Å². The molecule has 0 saturated heterocycles. The van der Waals surface area contributed by atoms with Crippen molar-refractivity contribution in [3.05, 3.63) is 66.2 Å². The lowest BCUT2D eigenvalue weighted by Crippen LogP contribution is -2.32. The maximum Gasteiger partial charge on any atom is 0.319 e. The van der Waals surface area contributed by atoms with Crippen LogP contribution in [0.3, 0.4) is 0 Å². The molecule has 20 heavy (non-hydrogen) atoms. The largest absolute Gasteiger partial charge is 0.338 e. The zero-order valence-electron chi connectivity index (χ0n) is 11.7. The maximum atomic E-state index is 11.7. The van der Waals surface area contributed by atoms with Crippen LogP contribution < -0.4 is 10.6 Å². The monoisotopic (exact) mass is 268 g/mol. The number of nitrogens with one attached hydrogen (secondary N) is 2. The summed E-state index contributed by atoms with van der Waals surface area (Å²) >= 11 is 0. The highest BCUT2D eigenvalue weighted by Gasteiger charge is 2.06. The van der Waals surface area contributed by atoms with E-state index in [1.165, 1.54) is 5.56 Å². The summed E-state index contributed by atoms with van der Waals surface area (Å²) in [7, 11) is 0. The number of rotatable bonds is 5. The molecule has 0 aliphatic rings. The summed E-state index contributed by atoms with van der Waals surface area (Å²) in [6.45, 7) is 2.79. The van der Waals surface area contributed by atoms with E-state index in [0.717, 1.165) is 12.1 Å². The predicted octanol–water partition coefficient (Wildman–Crippen LogP) is 3.69. The minimum atomic E-state index is -0.156. The average Bonchev–Trinajstić information content (AvgIpc) is 2.47. The Kier molecular flexibility index (Phi) is 5.18. The van der Waals surface area contributed by atoms with Gasteiger partial charge in [-0.3, -0.25) is 0 Å². The van der Waals surface area contributed by atoms with E-state index < -0.39 is 0 Å². The zero-order valence-corrected chi connectivity index (χ0v) is 11.7. The summed E-state index contributed by atoms with van der Waals surface area (Å²) < 4.78 is 0. The molecular weight excluding hydrogens is 248 g/mol. The van der Waals surface area contributed by atoms with Crippen LogP contribution in [-0.4, -0.2) is 12.6 Å². The van der Waals surface area contributed by atoms with E-state index in [2.05, 4.69) is 29.7 Å². The number of anilines is 1. The number of carbonyl (C=O) groups is 1. The number of amides is 2. The Hall–Kier alpha value is -2.29. The lowest BCUT2D eigenvalue weighted by Gasteiger charge is -2.13. The molecule has 0 fully saturated rings. The Morgan fingerprint density at radius 1 is 1.00 bits per heavy atom. The van der Waals surface area contributed by atoms with E-state index in [1.807, 2.05) is 48.5 Å². The van der Waals surface area contributed by atoms with Gasteiger partial charge in [-0.15, -0.1) is 0 Å². The third-order valence-electron chi connectivity index (χ3n) is 3.07. The minimum Gasteiger partial charge on any atom is -0.338 e. The molecule has 0 aliphatic heterocycles. The number of benzene rings is 2. The van der Waals surface area contributed by atoms with Crippen molar-refractivity contribution in [2.45, 2.75) is 13.3 Å². The molecule has 0 radical (unpaired) electrons. The smallest absolute Gasteiger partial charge is 0.319 e. The second-order valence-electron chi connectivity index (χ2n) is 5.00. The van der Waals surface area contributed by atoms with Crippen molar-refractivity contribution in [1.82, 2.24) is 5.32 Å². The van der Waals surface area contributed by atoms with Gasteiger partial charge in [0.25, 0.3) is 0 Å². The Labute approximate surface area is 120 Å². The number of urea groups is 1. The molecule has 2 N–H and O–H groups in total. The van der Waals surface area contributed by atoms with Crippen LogP contribution in [0.2, 0.25) is 0 Å². The molecule has 2 amide bonds. The Balaban J connectivity index is 1.73. The SMILES string of the molecule is CC(CNC(=O)Nc1ccccc1)Cc1ccccc1. The highest BCUT2D eigenvalue weighted by Crippen LogP contribution is 2.08. The third-order valence-corrected chi connectivity index (χ3v) is 3.07. The molecule has 0 spiro atoms. The fraction of sp³-hybridized carbons (Fsp3) is 0.235. The van der Waals surface area contributed by atoms with E-state index in [1.54, 1.807) is 0 Å². The van der Waals surface area contributed by atoms with Crippen molar-refractivity contribution in [2.24, 2.45) is 5.92 Å². The molecule has 1 atom stereocenters. The van der Waals surface area contributed by atoms with E-state index in [0.29, 0.717) is 12.5 Å². The van der Waals surface area contributed by atoms with Crippen LogP contribution in [0.4, 0.5) is 10.5 Å². The molecule has 0 bridgehead atoms. The summed E-state index contributed by atoms with van der Waals surface area (Å²) in [6, 6.07) is 19.6. The second kappa shape index (κ2) is 7.34. The maximum absolute atomic E-state index is 11.7. The summed E-state index contributed by atoms with van der Waals surface area (Å²) in [5, 5.41) is 5.71. The van der Waals surface area contributed by atoms with Gasteiger partial charge in [-0.1, -0.05) is 55.5 Å². The first kappa shape index (κ1) is 14.1. The first-order valence-corrected chi connectivity index (χ1v) is 6.88. The van der Waals surface area contributed by atoms with Gasteiger partial charge in [0.1, 0.15) is 0 Å². The van der Waals surface area contributed by atoms with Gasteiger partial charge in [-0.05, 0) is 30.0 Å². The van der Waals surface area contributed by atoms with Crippen molar-refractivity contribution >= 4 is 11.7 Å². The van der Waals surface area contributed by atoms with Crippen molar-refractivity contribution in [3.8, 4) is 0 Å². The van der Waals surface area contributed by atoms with Gasteiger partial charge in [0.2, 0.25) is 0 Å². The average molecular weight is 268 g/mol. The lowest BCUT2D eigenvalue weighted by atomic mass is 10.0. The number of hydrogen-bond donors (Lipinski definition) is 2. The number of hydrogen-bond acceptors (Lipinski definition) is 1. The van der Waals surface area contributed by atoms with Crippen molar-refractivity contribution < 1.29 is 4.79 Å². The standard InChI is InChI=1S/C17H20N2O/c1-14(12-15-8-4-2-5-9-15)13-18-17(20)19-16-10-6-3-7-11-16/h2-11,14H,12-13H2,1H3,(H2,18,19,20). The molecule has 1 unspecified atom stereocenters. The van der Waals surface area contributed by atoms with E-state index >= 15 is 0 Å². The van der Waals surface area contributed by atoms with Gasteiger partial charge < -0.3 is 10.6 Å². The number of para-hydroxylation sites is 1. The summed E-state index contributed by atoms with van der Waals surface area (Å²) in [4.78, 5) is 11.7. The molecule has 3 nitrogen and oxygen atoms in total. The van der Waals surface area contributed by atoms with Gasteiger partial charge in [-0.2, -0.15) is 0 Å². The molecular formula is C17H20N2O. The molecule has 0 heterocycles. The molecule has 0 aliphatic carbocycles. The normalized spacial score (nSPS) is 11.7. The topological polar surface area (TPSA) is 41.1 Å². The number of carbonyl (C=O) groups excluding carboxylic acids is 1. The highest BCUT2D eigenvalue weighted by molar-refractivity contribution is 5.89. The second-order valence-corrected chi connectivity index (χ2v) is 5.00. The van der Waals surface area contributed by atoms with Crippen molar-refractivity contribution in [1.29, 1.82) is 0 Å². The van der Waals surface area contributed by atoms with Crippen LogP contribution in [-0.2, 0) is 6.42 Å². The van der Waals surface area contributed by atoms with Crippen LogP contribution >= 0.6 is 0 Å². The van der Waals surface area contributed by atoms with Crippen molar-refractivity contribution in [2.75, 3.05) is 11.9 Å². The fourth-order valence-corrected chi connectivity index (χ4v) is 2.05. The Morgan fingerprint density at radius 3 is 2.25 bits per heavy atom. The van der Waals surface area contributed by atoms with Gasteiger partial charge in [0, 0.05) is 12.2 Å². The Morgan fingerprint density at radius 2 is 1.60 bits per heavy atom. The van der Waals surface area contributed by atoms with E-state index in [-0.39, 0.29) is 6.03 Å². The van der Waals surface area contributed by atoms with Crippen LogP contribution in [0, 0.1) is 5.92 Å². The predicted molar refractivity (Wildman–Crippen MR) is 82.8 cm³/mol. The van der Waals surface area contributed by atoms with Gasteiger partial charge >= 0.3 is 6.03 Å². The molecule has 2 aromatic rings. The van der Waals surface area contributed by atoms with Gasteiger partial charge in [0.15, 0.2) is 0 Å². The minimum absolute atomic E-state index is 0.156. The molecule has 0 saturated carbocycles. The first-order valence-electron chi connectivity index (χ1n) is 6.88.